The Hall–Kier alpha value is -4.44. The summed E-state index contributed by atoms with van der Waals surface area (Å²) in [6.07, 6.45) is 4.18. The fourth-order valence-corrected chi connectivity index (χ4v) is 4.02. The maximum atomic E-state index is 13.3. The molecule has 2 heterocycles. The summed E-state index contributed by atoms with van der Waals surface area (Å²) in [6, 6.07) is 19.3. The second-order valence-electron chi connectivity index (χ2n) is 8.10. The van der Waals surface area contributed by atoms with E-state index < -0.39 is 11.8 Å². The van der Waals surface area contributed by atoms with E-state index in [-0.39, 0.29) is 12.1 Å². The fraction of sp³-hybridized carbons (Fsp3) is 0.214. The summed E-state index contributed by atoms with van der Waals surface area (Å²) in [5.74, 6) is -0.188. The van der Waals surface area contributed by atoms with Crippen molar-refractivity contribution in [2.75, 3.05) is 13.2 Å². The zero-order chi connectivity index (χ0) is 24.9. The number of rotatable bonds is 7. The summed E-state index contributed by atoms with van der Waals surface area (Å²) in [4.78, 5) is 27.1. The SMILES string of the molecule is CCCN1C(=O)C(C#N)=C(C)/C(=C\c2cn(-c3ccccc3)nc2-c2ccc(OCC)cc2)C1=O. The summed E-state index contributed by atoms with van der Waals surface area (Å²) in [5.41, 5.74) is 3.76. The number of imide groups is 1. The molecule has 0 radical (unpaired) electrons. The number of carbonyl (C=O) groups excluding carboxylic acids is 2. The Morgan fingerprint density at radius 2 is 1.74 bits per heavy atom. The molecule has 0 aliphatic carbocycles. The molecule has 0 bridgehead atoms. The van der Waals surface area contributed by atoms with E-state index in [0.29, 0.717) is 35.4 Å². The zero-order valence-electron chi connectivity index (χ0n) is 20.0. The van der Waals surface area contributed by atoms with Gasteiger partial charge in [0.15, 0.2) is 0 Å². The van der Waals surface area contributed by atoms with Gasteiger partial charge in [-0.1, -0.05) is 25.1 Å². The highest BCUT2D eigenvalue weighted by Gasteiger charge is 2.35. The average Bonchev–Trinajstić information content (AvgIpc) is 3.30. The maximum Gasteiger partial charge on any atom is 0.271 e. The van der Waals surface area contributed by atoms with E-state index in [4.69, 9.17) is 9.84 Å². The van der Waals surface area contributed by atoms with Gasteiger partial charge in [-0.25, -0.2) is 4.68 Å². The average molecular weight is 467 g/mol. The molecule has 1 aromatic heterocycles. The van der Waals surface area contributed by atoms with Crippen molar-refractivity contribution in [3.8, 4) is 28.8 Å². The molecule has 176 valence electrons. The first-order valence-corrected chi connectivity index (χ1v) is 11.6. The molecule has 3 aromatic rings. The Kier molecular flexibility index (Phi) is 6.93. The second-order valence-corrected chi connectivity index (χ2v) is 8.10. The monoisotopic (exact) mass is 466 g/mol. The predicted molar refractivity (Wildman–Crippen MR) is 133 cm³/mol. The number of aromatic nitrogens is 2. The molecule has 0 spiro atoms. The van der Waals surface area contributed by atoms with Crippen molar-refractivity contribution < 1.29 is 14.3 Å². The van der Waals surface area contributed by atoms with Gasteiger partial charge in [-0.3, -0.25) is 14.5 Å². The van der Waals surface area contributed by atoms with Gasteiger partial charge in [0.2, 0.25) is 0 Å². The van der Waals surface area contributed by atoms with Gasteiger partial charge in [0.05, 0.1) is 18.0 Å². The van der Waals surface area contributed by atoms with Crippen LogP contribution < -0.4 is 4.74 Å². The molecule has 2 amide bonds. The number of benzene rings is 2. The molecular formula is C28H26N4O3. The van der Waals surface area contributed by atoms with Crippen LogP contribution in [0.4, 0.5) is 0 Å². The Morgan fingerprint density at radius 1 is 1.03 bits per heavy atom. The van der Waals surface area contributed by atoms with Gasteiger partial charge in [-0.05, 0) is 68.3 Å². The molecule has 0 saturated carbocycles. The van der Waals surface area contributed by atoms with Crippen LogP contribution in [0, 0.1) is 11.3 Å². The highest BCUT2D eigenvalue weighted by atomic mass is 16.5. The zero-order valence-corrected chi connectivity index (χ0v) is 20.0. The molecule has 1 aliphatic heterocycles. The van der Waals surface area contributed by atoms with Gasteiger partial charge in [0, 0.05) is 29.4 Å². The molecule has 7 heteroatoms. The first-order chi connectivity index (χ1) is 17.0. The van der Waals surface area contributed by atoms with Crippen LogP contribution in [0.3, 0.4) is 0 Å². The molecule has 0 N–H and O–H groups in total. The quantitative estimate of drug-likeness (QED) is 0.364. The summed E-state index contributed by atoms with van der Waals surface area (Å²) >= 11 is 0. The van der Waals surface area contributed by atoms with Gasteiger partial charge < -0.3 is 4.74 Å². The lowest BCUT2D eigenvalue weighted by atomic mass is 9.93. The van der Waals surface area contributed by atoms with Gasteiger partial charge in [0.25, 0.3) is 11.8 Å². The minimum Gasteiger partial charge on any atom is -0.494 e. The first-order valence-electron chi connectivity index (χ1n) is 11.6. The molecule has 2 aromatic carbocycles. The van der Waals surface area contributed by atoms with E-state index in [1.807, 2.05) is 80.7 Å². The van der Waals surface area contributed by atoms with E-state index in [2.05, 4.69) is 0 Å². The van der Waals surface area contributed by atoms with Crippen molar-refractivity contribution in [2.24, 2.45) is 0 Å². The third-order valence-electron chi connectivity index (χ3n) is 5.77. The van der Waals surface area contributed by atoms with Gasteiger partial charge in [0.1, 0.15) is 17.4 Å². The summed E-state index contributed by atoms with van der Waals surface area (Å²) < 4.78 is 7.32. The number of nitrogens with zero attached hydrogens (tertiary/aromatic N) is 4. The van der Waals surface area contributed by atoms with Crippen molar-refractivity contribution in [3.05, 3.63) is 83.1 Å². The molecule has 1 aliphatic rings. The normalized spacial score (nSPS) is 15.0. The third kappa shape index (κ3) is 4.64. The lowest BCUT2D eigenvalue weighted by Crippen LogP contribution is -2.43. The van der Waals surface area contributed by atoms with E-state index >= 15 is 0 Å². The lowest BCUT2D eigenvalue weighted by molar-refractivity contribution is -0.140. The van der Waals surface area contributed by atoms with Crippen LogP contribution in [0.25, 0.3) is 23.0 Å². The van der Waals surface area contributed by atoms with Gasteiger partial charge >= 0.3 is 0 Å². The van der Waals surface area contributed by atoms with Gasteiger partial charge in [-0.15, -0.1) is 0 Å². The molecule has 0 saturated heterocycles. The minimum atomic E-state index is -0.541. The molecule has 0 atom stereocenters. The highest BCUT2D eigenvalue weighted by molar-refractivity contribution is 6.19. The van der Waals surface area contributed by atoms with E-state index in [9.17, 15) is 14.9 Å². The third-order valence-corrected chi connectivity index (χ3v) is 5.77. The number of hydrogen-bond acceptors (Lipinski definition) is 5. The van der Waals surface area contributed by atoms with Crippen molar-refractivity contribution in [2.45, 2.75) is 27.2 Å². The smallest absolute Gasteiger partial charge is 0.271 e. The Morgan fingerprint density at radius 3 is 2.37 bits per heavy atom. The van der Waals surface area contributed by atoms with Crippen molar-refractivity contribution in [1.82, 2.24) is 14.7 Å². The van der Waals surface area contributed by atoms with Crippen LogP contribution in [0.2, 0.25) is 0 Å². The number of carbonyl (C=O) groups is 2. The number of nitriles is 1. The number of para-hydroxylation sites is 1. The molecular weight excluding hydrogens is 440 g/mol. The molecule has 35 heavy (non-hydrogen) atoms. The lowest BCUT2D eigenvalue weighted by Gasteiger charge is -2.27. The standard InChI is InChI=1S/C28H26N4O3/c1-4-15-31-27(33)24(19(3)25(17-29)28(31)34)16-21-18-32(22-9-7-6-8-10-22)30-26(21)20-11-13-23(14-12-20)35-5-2/h6-14,16,18H,4-5,15H2,1-3H3/b24-16+. The van der Waals surface area contributed by atoms with Crippen LogP contribution >= 0.6 is 0 Å². The highest BCUT2D eigenvalue weighted by Crippen LogP contribution is 2.31. The van der Waals surface area contributed by atoms with Crippen LogP contribution in [0.1, 0.15) is 32.8 Å². The Bertz CT molecular complexity index is 1360. The maximum absolute atomic E-state index is 13.3. The molecule has 0 fully saturated rings. The molecule has 7 nitrogen and oxygen atoms in total. The number of hydrogen-bond donors (Lipinski definition) is 0. The van der Waals surface area contributed by atoms with Crippen molar-refractivity contribution >= 4 is 17.9 Å². The van der Waals surface area contributed by atoms with E-state index in [1.165, 1.54) is 0 Å². The van der Waals surface area contributed by atoms with Crippen LogP contribution in [0.5, 0.6) is 5.75 Å². The summed E-state index contributed by atoms with van der Waals surface area (Å²) in [5, 5.41) is 14.4. The first kappa shape index (κ1) is 23.7. The summed E-state index contributed by atoms with van der Waals surface area (Å²) in [7, 11) is 0. The van der Waals surface area contributed by atoms with Gasteiger partial charge in [-0.2, -0.15) is 10.4 Å². The number of ether oxygens (including phenoxy) is 1. The van der Waals surface area contributed by atoms with E-state index in [0.717, 1.165) is 21.9 Å². The Balaban J connectivity index is 1.88. The van der Waals surface area contributed by atoms with Crippen molar-refractivity contribution in [3.63, 3.8) is 0 Å². The van der Waals surface area contributed by atoms with E-state index in [1.54, 1.807) is 17.7 Å². The second kappa shape index (κ2) is 10.2. The summed E-state index contributed by atoms with van der Waals surface area (Å²) in [6.45, 7) is 6.28. The Labute approximate surface area is 204 Å². The topological polar surface area (TPSA) is 88.2 Å². The number of amides is 2. The minimum absolute atomic E-state index is 0.0117. The van der Waals surface area contributed by atoms with Crippen LogP contribution in [0.15, 0.2) is 77.5 Å². The predicted octanol–water partition coefficient (Wildman–Crippen LogP) is 4.94. The fourth-order valence-electron chi connectivity index (χ4n) is 4.02. The largest absolute Gasteiger partial charge is 0.494 e. The van der Waals surface area contributed by atoms with Crippen LogP contribution in [-0.2, 0) is 9.59 Å². The molecule has 0 unspecified atom stereocenters. The van der Waals surface area contributed by atoms with Crippen molar-refractivity contribution in [1.29, 1.82) is 5.26 Å². The molecule has 4 rings (SSSR count). The van der Waals surface area contributed by atoms with Crippen LogP contribution in [-0.4, -0.2) is 39.6 Å².